The van der Waals surface area contributed by atoms with Crippen molar-refractivity contribution in [3.8, 4) is 28.1 Å². The van der Waals surface area contributed by atoms with Gasteiger partial charge in [0.05, 0.1) is 36.5 Å². The van der Waals surface area contributed by atoms with Crippen LogP contribution in [0.1, 0.15) is 36.4 Å². The monoisotopic (exact) mass is 748 g/mol. The number of benzene rings is 3. The maximum Gasteiger partial charge on any atom is 0.329 e. The lowest BCUT2D eigenvalue weighted by Crippen LogP contribution is -2.46. The Kier molecular flexibility index (Phi) is 12.0. The van der Waals surface area contributed by atoms with E-state index in [1.165, 1.54) is 10.1 Å². The van der Waals surface area contributed by atoms with E-state index < -0.39 is 11.9 Å². The smallest absolute Gasteiger partial charge is 0.329 e. The van der Waals surface area contributed by atoms with E-state index in [0.717, 1.165) is 74.3 Å². The van der Waals surface area contributed by atoms with Crippen molar-refractivity contribution in [2.75, 3.05) is 64.9 Å². The number of nitrogens with zero attached hydrogens (tertiary/aromatic N) is 6. The maximum atomic E-state index is 13.0. The van der Waals surface area contributed by atoms with Gasteiger partial charge in [-0.05, 0) is 66.3 Å². The molecule has 7 rings (SSSR count). The second-order valence-electron chi connectivity index (χ2n) is 14.2. The minimum atomic E-state index is -0.685. The third kappa shape index (κ3) is 8.94. The number of imidazole rings is 1. The summed E-state index contributed by atoms with van der Waals surface area (Å²) in [5.41, 5.74) is 12.6. The lowest BCUT2D eigenvalue weighted by atomic mass is 10.0. The normalized spacial score (nSPS) is 16.9. The number of amides is 2. The molecule has 0 spiro atoms. The van der Waals surface area contributed by atoms with Crippen LogP contribution in [0.5, 0.6) is 5.75 Å². The van der Waals surface area contributed by atoms with Crippen LogP contribution < -0.4 is 16.7 Å². The number of piperazine rings is 1. The van der Waals surface area contributed by atoms with Gasteiger partial charge >= 0.3 is 5.69 Å². The number of aryl methyl sites for hydroxylation is 2. The van der Waals surface area contributed by atoms with E-state index in [0.29, 0.717) is 55.4 Å². The Bertz CT molecular complexity index is 2190. The van der Waals surface area contributed by atoms with Gasteiger partial charge in [0.1, 0.15) is 11.8 Å². The Hall–Kier alpha value is -5.41. The summed E-state index contributed by atoms with van der Waals surface area (Å²) in [5, 5.41) is 20.9. The van der Waals surface area contributed by atoms with Crippen molar-refractivity contribution >= 4 is 28.7 Å². The zero-order valence-corrected chi connectivity index (χ0v) is 31.2. The van der Waals surface area contributed by atoms with Crippen molar-refractivity contribution in [1.29, 1.82) is 0 Å². The number of ether oxygens (including phenoxy) is 2. The number of rotatable bonds is 15. The summed E-state index contributed by atoms with van der Waals surface area (Å²) in [6.45, 7) is 8.10. The van der Waals surface area contributed by atoms with E-state index in [9.17, 15) is 19.5 Å². The topological polar surface area (TPSA) is 170 Å². The standard InChI is InChI=1S/C41H48N8O6/c1-46-36-25-28(10-13-34(36)49(41(46)53)35-14-15-38(51)43-40(35)52)5-4-21-54-23-24-55-22-20-47-16-18-48(19-17-47)27-29-8-11-30(12-9-29)32-26-33(44-45-39(32)42)31-6-2-3-7-37(31)50/h2-3,6-13,25-26,35,50H,4-5,14-24,27H2,1H3,(H2,42,45)(H,43,51,52). The number of phenols is 1. The maximum absolute atomic E-state index is 13.0. The first-order valence-electron chi connectivity index (χ1n) is 18.9. The largest absolute Gasteiger partial charge is 0.507 e. The Labute approximate surface area is 319 Å². The predicted molar refractivity (Wildman–Crippen MR) is 209 cm³/mol. The van der Waals surface area contributed by atoms with E-state index in [1.807, 2.05) is 36.4 Å². The number of nitrogens with two attached hydrogens (primary N) is 1. The van der Waals surface area contributed by atoms with E-state index in [-0.39, 0.29) is 23.8 Å². The number of phenolic OH excluding ortho intramolecular Hbond substituents is 1. The molecule has 5 aromatic rings. The number of carbonyl (C=O) groups excluding carboxylic acids is 2. The molecule has 4 heterocycles. The van der Waals surface area contributed by atoms with Crippen molar-refractivity contribution in [3.63, 3.8) is 0 Å². The van der Waals surface area contributed by atoms with E-state index in [2.05, 4.69) is 49.6 Å². The van der Waals surface area contributed by atoms with Gasteiger partial charge in [0, 0.05) is 70.5 Å². The van der Waals surface area contributed by atoms with Crippen molar-refractivity contribution in [3.05, 3.63) is 94.4 Å². The number of carbonyl (C=O) groups is 2. The highest BCUT2D eigenvalue weighted by Gasteiger charge is 2.31. The molecular formula is C41H48N8O6. The summed E-state index contributed by atoms with van der Waals surface area (Å²) in [6, 6.07) is 22.5. The molecule has 14 nitrogen and oxygen atoms in total. The quantitative estimate of drug-likeness (QED) is 0.106. The Morgan fingerprint density at radius 2 is 1.55 bits per heavy atom. The number of piperidine rings is 1. The van der Waals surface area contributed by atoms with Gasteiger partial charge in [-0.2, -0.15) is 0 Å². The van der Waals surface area contributed by atoms with Crippen LogP contribution in [0.4, 0.5) is 5.82 Å². The molecule has 4 N–H and O–H groups in total. The van der Waals surface area contributed by atoms with Crippen LogP contribution in [0.25, 0.3) is 33.4 Å². The molecule has 0 bridgehead atoms. The molecule has 0 saturated carbocycles. The van der Waals surface area contributed by atoms with Gasteiger partial charge < -0.3 is 20.3 Å². The van der Waals surface area contributed by atoms with Crippen LogP contribution in [0.3, 0.4) is 0 Å². The molecule has 1 unspecified atom stereocenters. The third-order valence-electron chi connectivity index (χ3n) is 10.5. The number of aromatic nitrogens is 4. The highest BCUT2D eigenvalue weighted by Crippen LogP contribution is 2.32. The number of nitrogen functional groups attached to an aromatic ring is 1. The second-order valence-corrected chi connectivity index (χ2v) is 14.2. The molecule has 2 aliphatic rings. The van der Waals surface area contributed by atoms with Gasteiger partial charge in [-0.25, -0.2) is 4.79 Å². The highest BCUT2D eigenvalue weighted by molar-refractivity contribution is 6.00. The average molecular weight is 749 g/mol. The van der Waals surface area contributed by atoms with E-state index in [1.54, 1.807) is 23.7 Å². The molecule has 0 radical (unpaired) electrons. The molecule has 14 heteroatoms. The average Bonchev–Trinajstić information content (AvgIpc) is 3.43. The van der Waals surface area contributed by atoms with Crippen LogP contribution in [0, 0.1) is 0 Å². The zero-order valence-electron chi connectivity index (χ0n) is 31.2. The van der Waals surface area contributed by atoms with E-state index in [4.69, 9.17) is 15.2 Å². The van der Waals surface area contributed by atoms with Gasteiger partial charge in [0.15, 0.2) is 5.82 Å². The molecule has 2 fully saturated rings. The summed E-state index contributed by atoms with van der Waals surface area (Å²) in [5.74, 6) is -0.235. The molecule has 3 aromatic carbocycles. The van der Waals surface area contributed by atoms with E-state index >= 15 is 0 Å². The molecule has 1 atom stereocenters. The summed E-state index contributed by atoms with van der Waals surface area (Å²) >= 11 is 0. The fourth-order valence-electron chi connectivity index (χ4n) is 7.36. The molecule has 2 aromatic heterocycles. The summed E-state index contributed by atoms with van der Waals surface area (Å²) in [4.78, 5) is 41.9. The molecule has 2 aliphatic heterocycles. The van der Waals surface area contributed by atoms with Gasteiger partial charge in [-0.3, -0.25) is 33.8 Å². The highest BCUT2D eigenvalue weighted by atomic mass is 16.5. The second kappa shape index (κ2) is 17.4. The van der Waals surface area contributed by atoms with Crippen molar-refractivity contribution < 1.29 is 24.2 Å². The lowest BCUT2D eigenvalue weighted by molar-refractivity contribution is -0.135. The van der Waals surface area contributed by atoms with Gasteiger partial charge in [-0.15, -0.1) is 10.2 Å². The minimum absolute atomic E-state index is 0.150. The number of nitrogens with one attached hydrogen (secondary N) is 1. The van der Waals surface area contributed by atoms with Crippen LogP contribution in [0.15, 0.2) is 77.6 Å². The Morgan fingerprint density at radius 1 is 0.818 bits per heavy atom. The van der Waals surface area contributed by atoms with Crippen molar-refractivity contribution in [2.45, 2.75) is 38.3 Å². The number of fused-ring (bicyclic) bond motifs is 1. The molecule has 2 amide bonds. The predicted octanol–water partition coefficient (Wildman–Crippen LogP) is 3.51. The summed E-state index contributed by atoms with van der Waals surface area (Å²) in [6.07, 6.45) is 2.17. The Balaban J connectivity index is 0.769. The van der Waals surface area contributed by atoms with Crippen molar-refractivity contribution in [2.24, 2.45) is 7.05 Å². The number of anilines is 1. The molecular weight excluding hydrogens is 701 g/mol. The van der Waals surface area contributed by atoms with Crippen LogP contribution in [0.2, 0.25) is 0 Å². The SMILES string of the molecule is Cn1c(=O)n(C2CCC(=O)NC2=O)c2ccc(CCCOCCOCCN3CCN(Cc4ccc(-c5cc(-c6ccccc6O)nnc5N)cc4)CC3)cc21. The minimum Gasteiger partial charge on any atom is -0.507 e. The number of aromatic hydroxyl groups is 1. The number of hydrogen-bond donors (Lipinski definition) is 3. The summed E-state index contributed by atoms with van der Waals surface area (Å²) in [7, 11) is 1.71. The van der Waals surface area contributed by atoms with Crippen molar-refractivity contribution in [1.82, 2.24) is 34.4 Å². The molecule has 55 heavy (non-hydrogen) atoms. The van der Waals surface area contributed by atoms with Crippen LogP contribution in [-0.2, 0) is 39.1 Å². The number of imide groups is 1. The third-order valence-corrected chi connectivity index (χ3v) is 10.5. The first kappa shape index (κ1) is 37.9. The van der Waals surface area contributed by atoms with Gasteiger partial charge in [0.25, 0.3) is 0 Å². The summed E-state index contributed by atoms with van der Waals surface area (Å²) < 4.78 is 14.8. The number of hydrogen-bond acceptors (Lipinski definition) is 11. The molecule has 0 aliphatic carbocycles. The fourth-order valence-corrected chi connectivity index (χ4v) is 7.36. The Morgan fingerprint density at radius 3 is 2.31 bits per heavy atom. The fraction of sp³-hybridized carbons (Fsp3) is 0.390. The first-order chi connectivity index (χ1) is 26.7. The van der Waals surface area contributed by atoms with Crippen LogP contribution >= 0.6 is 0 Å². The zero-order chi connectivity index (χ0) is 38.3. The molecule has 2 saturated heterocycles. The van der Waals surface area contributed by atoms with Gasteiger partial charge in [0.2, 0.25) is 11.8 Å². The lowest BCUT2D eigenvalue weighted by Gasteiger charge is -2.34. The van der Waals surface area contributed by atoms with Gasteiger partial charge in [-0.1, -0.05) is 42.5 Å². The number of para-hydroxylation sites is 1. The molecule has 288 valence electrons. The first-order valence-corrected chi connectivity index (χ1v) is 18.9. The van der Waals surface area contributed by atoms with Crippen LogP contribution in [-0.4, -0.2) is 105 Å².